The number of carbonyl (C=O) groups excluding carboxylic acids is 1. The van der Waals surface area contributed by atoms with Crippen LogP contribution >= 0.6 is 0 Å². The summed E-state index contributed by atoms with van der Waals surface area (Å²) in [4.78, 5) is 11.8. The van der Waals surface area contributed by atoms with E-state index in [0.29, 0.717) is 6.92 Å². The molecule has 0 amide bonds. The van der Waals surface area contributed by atoms with E-state index in [0.717, 1.165) is 0 Å². The van der Waals surface area contributed by atoms with Crippen LogP contribution in [0.3, 0.4) is 0 Å². The molecule has 35 heavy (non-hydrogen) atoms. The molecule has 5 aliphatic rings. The summed E-state index contributed by atoms with van der Waals surface area (Å²) in [5.74, 6) is -10.3. The Bertz CT molecular complexity index is 827. The second-order valence-corrected chi connectivity index (χ2v) is 10.2. The van der Waals surface area contributed by atoms with Crippen LogP contribution in [0, 0.1) is 23.2 Å². The van der Waals surface area contributed by atoms with Gasteiger partial charge in [0.1, 0.15) is 5.60 Å². The zero-order chi connectivity index (χ0) is 26.5. The van der Waals surface area contributed by atoms with E-state index in [4.69, 9.17) is 14.2 Å². The fourth-order valence-corrected chi connectivity index (χ4v) is 6.49. The summed E-state index contributed by atoms with van der Waals surface area (Å²) in [5.41, 5.74) is -6.41. The predicted octanol–water partition coefficient (Wildman–Crippen LogP) is 5.94. The van der Waals surface area contributed by atoms with E-state index in [1.165, 1.54) is 0 Å². The molecule has 1 saturated heterocycles. The molecule has 1 heterocycles. The molecule has 0 aromatic heterocycles. The summed E-state index contributed by atoms with van der Waals surface area (Å²) in [6.07, 6.45) is -24.0. The monoisotopic (exact) mass is 534 g/mol. The van der Waals surface area contributed by atoms with Crippen LogP contribution in [0.5, 0.6) is 0 Å². The van der Waals surface area contributed by atoms with Crippen molar-refractivity contribution in [1.82, 2.24) is 0 Å². The van der Waals surface area contributed by atoms with Gasteiger partial charge < -0.3 is 14.2 Å². The quantitative estimate of drug-likeness (QED) is 0.332. The molecule has 3 atom stereocenters. The maximum Gasteiger partial charge on any atom is 0.408 e. The zero-order valence-electron chi connectivity index (χ0n) is 18.0. The van der Waals surface area contributed by atoms with Gasteiger partial charge in [0.05, 0.1) is 19.1 Å². The van der Waals surface area contributed by atoms with Crippen LogP contribution in [-0.2, 0) is 19.0 Å². The minimum Gasteiger partial charge on any atom is -0.455 e. The molecule has 1 spiro atoms. The third kappa shape index (κ3) is 4.17. The van der Waals surface area contributed by atoms with Crippen LogP contribution < -0.4 is 0 Å². The van der Waals surface area contributed by atoms with Crippen molar-refractivity contribution in [3.8, 4) is 0 Å². The predicted molar refractivity (Wildman–Crippen MR) is 91.8 cm³/mol. The standard InChI is InChI=1S/C20H21F11O4/c1-14(21,22)13(32)35-15-4-9-2-10(5-15)18(11(3-9)6-15)33-8-16(19(26,27)28,20(29,30)31)12(34-18)7-17(23,24)25/h9-12H,2-8H2,1H3. The Balaban J connectivity index is 1.70. The van der Waals surface area contributed by atoms with Gasteiger partial charge in [-0.05, 0) is 38.0 Å². The lowest BCUT2D eigenvalue weighted by atomic mass is 9.51. The number of carbonyl (C=O) groups is 1. The smallest absolute Gasteiger partial charge is 0.408 e. The summed E-state index contributed by atoms with van der Waals surface area (Å²) < 4.78 is 164. The van der Waals surface area contributed by atoms with Crippen LogP contribution in [0.1, 0.15) is 45.4 Å². The highest BCUT2D eigenvalue weighted by molar-refractivity contribution is 5.77. The van der Waals surface area contributed by atoms with Crippen LogP contribution in [0.25, 0.3) is 0 Å². The largest absolute Gasteiger partial charge is 0.455 e. The van der Waals surface area contributed by atoms with E-state index in [2.05, 4.69) is 0 Å². The van der Waals surface area contributed by atoms with E-state index in [1.54, 1.807) is 0 Å². The average Bonchev–Trinajstić information content (AvgIpc) is 2.61. The fraction of sp³-hybridized carbons (Fsp3) is 0.950. The Morgan fingerprint density at radius 3 is 1.83 bits per heavy atom. The Hall–Kier alpha value is -1.38. The highest BCUT2D eigenvalue weighted by Gasteiger charge is 2.80. The van der Waals surface area contributed by atoms with Gasteiger partial charge in [-0.3, -0.25) is 0 Å². The van der Waals surface area contributed by atoms with Crippen molar-refractivity contribution in [2.24, 2.45) is 23.2 Å². The van der Waals surface area contributed by atoms with Crippen LogP contribution in [0.15, 0.2) is 0 Å². The zero-order valence-corrected chi connectivity index (χ0v) is 18.0. The second-order valence-electron chi connectivity index (χ2n) is 10.2. The number of halogens is 11. The minimum absolute atomic E-state index is 0.0993. The van der Waals surface area contributed by atoms with E-state index in [9.17, 15) is 53.1 Å². The summed E-state index contributed by atoms with van der Waals surface area (Å²) in [6.45, 7) is -1.83. The first kappa shape index (κ1) is 26.7. The number of esters is 1. The first-order valence-corrected chi connectivity index (χ1v) is 10.8. The third-order valence-corrected chi connectivity index (χ3v) is 7.77. The van der Waals surface area contributed by atoms with Gasteiger partial charge in [-0.1, -0.05) is 0 Å². The van der Waals surface area contributed by atoms with Crippen molar-refractivity contribution in [2.45, 2.75) is 87.4 Å². The number of rotatable bonds is 3. The fourth-order valence-electron chi connectivity index (χ4n) is 6.49. The van der Waals surface area contributed by atoms with Gasteiger partial charge in [0.2, 0.25) is 5.41 Å². The Labute approximate surface area is 191 Å². The average molecular weight is 534 g/mol. The van der Waals surface area contributed by atoms with E-state index in [-0.39, 0.29) is 38.0 Å². The maximum absolute atomic E-state index is 13.8. The van der Waals surface area contributed by atoms with Crippen molar-refractivity contribution < 1.29 is 67.3 Å². The summed E-state index contributed by atoms with van der Waals surface area (Å²) in [6, 6.07) is 0. The molecule has 0 aromatic carbocycles. The van der Waals surface area contributed by atoms with E-state index in [1.807, 2.05) is 0 Å². The number of hydrogen-bond acceptors (Lipinski definition) is 4. The first-order valence-electron chi connectivity index (χ1n) is 10.8. The Morgan fingerprint density at radius 2 is 1.40 bits per heavy atom. The van der Waals surface area contributed by atoms with Gasteiger partial charge in [-0.15, -0.1) is 0 Å². The van der Waals surface area contributed by atoms with Crippen molar-refractivity contribution in [3.05, 3.63) is 0 Å². The number of ether oxygens (including phenoxy) is 3. The molecule has 3 unspecified atom stereocenters. The molecule has 5 rings (SSSR count). The normalized spacial score (nSPS) is 39.2. The molecule has 0 aromatic rings. The highest BCUT2D eigenvalue weighted by atomic mass is 19.4. The van der Waals surface area contributed by atoms with Gasteiger partial charge in [-0.2, -0.15) is 48.3 Å². The van der Waals surface area contributed by atoms with Crippen molar-refractivity contribution in [1.29, 1.82) is 0 Å². The molecule has 5 fully saturated rings. The van der Waals surface area contributed by atoms with E-state index >= 15 is 0 Å². The van der Waals surface area contributed by atoms with Crippen LogP contribution in [0.2, 0.25) is 0 Å². The summed E-state index contributed by atoms with van der Waals surface area (Å²) in [5, 5.41) is 0. The molecule has 15 heteroatoms. The SMILES string of the molecule is CC(F)(F)C(=O)OC12CC3CC(C1)C1(OCC(C(F)(F)F)(C(F)(F)F)C(CC(F)(F)F)O1)C(C3)C2. The third-order valence-electron chi connectivity index (χ3n) is 7.77. The van der Waals surface area contributed by atoms with Crippen molar-refractivity contribution in [3.63, 3.8) is 0 Å². The molecular weight excluding hydrogens is 513 g/mol. The van der Waals surface area contributed by atoms with Crippen LogP contribution in [-0.4, -0.2) is 54.5 Å². The lowest BCUT2D eigenvalue weighted by Gasteiger charge is -2.66. The molecule has 4 nitrogen and oxygen atoms in total. The summed E-state index contributed by atoms with van der Waals surface area (Å²) in [7, 11) is 0. The highest BCUT2D eigenvalue weighted by Crippen LogP contribution is 2.67. The molecular formula is C20H21F11O4. The van der Waals surface area contributed by atoms with Crippen LogP contribution in [0.4, 0.5) is 48.3 Å². The molecule has 202 valence electrons. The lowest BCUT2D eigenvalue weighted by Crippen LogP contribution is -2.74. The Kier molecular flexibility index (Phi) is 5.77. The van der Waals surface area contributed by atoms with Gasteiger partial charge in [0, 0.05) is 18.8 Å². The van der Waals surface area contributed by atoms with E-state index < -0.39 is 78.2 Å². The van der Waals surface area contributed by atoms with Gasteiger partial charge in [0.25, 0.3) is 0 Å². The molecule has 0 N–H and O–H groups in total. The first-order chi connectivity index (χ1) is 15.6. The number of hydrogen-bond donors (Lipinski definition) is 0. The lowest BCUT2D eigenvalue weighted by molar-refractivity contribution is -0.480. The minimum atomic E-state index is -6.18. The molecule has 0 radical (unpaired) electrons. The molecule has 1 aliphatic heterocycles. The molecule has 4 aliphatic carbocycles. The maximum atomic E-state index is 13.8. The van der Waals surface area contributed by atoms with Crippen molar-refractivity contribution >= 4 is 5.97 Å². The Morgan fingerprint density at radius 1 is 0.886 bits per heavy atom. The van der Waals surface area contributed by atoms with Gasteiger partial charge >= 0.3 is 30.4 Å². The molecule has 4 saturated carbocycles. The van der Waals surface area contributed by atoms with Gasteiger partial charge in [0.15, 0.2) is 5.79 Å². The summed E-state index contributed by atoms with van der Waals surface area (Å²) >= 11 is 0. The molecule has 4 bridgehead atoms. The topological polar surface area (TPSA) is 44.8 Å². The number of alkyl halides is 11. The van der Waals surface area contributed by atoms with Gasteiger partial charge in [-0.25, -0.2) is 4.79 Å². The second kappa shape index (κ2) is 7.57. The van der Waals surface area contributed by atoms with Crippen molar-refractivity contribution in [2.75, 3.05) is 6.61 Å².